The highest BCUT2D eigenvalue weighted by Crippen LogP contribution is 2.16. The number of rotatable bonds is 10. The SMILES string of the molecule is CCOC(OCC)c1cn(CCCOCC(F)(F)F)nn1. The second-order valence-corrected chi connectivity index (χ2v) is 4.17. The van der Waals surface area contributed by atoms with E-state index in [4.69, 9.17) is 9.47 Å². The quantitative estimate of drug-likeness (QED) is 0.490. The summed E-state index contributed by atoms with van der Waals surface area (Å²) in [6.07, 6.45) is -2.80. The van der Waals surface area contributed by atoms with Crippen molar-refractivity contribution in [2.45, 2.75) is 39.3 Å². The molecule has 0 atom stereocenters. The molecule has 0 amide bonds. The highest BCUT2D eigenvalue weighted by molar-refractivity contribution is 4.94. The van der Waals surface area contributed by atoms with Gasteiger partial charge in [0.05, 0.1) is 6.20 Å². The van der Waals surface area contributed by atoms with E-state index in [1.165, 1.54) is 4.68 Å². The van der Waals surface area contributed by atoms with Gasteiger partial charge < -0.3 is 14.2 Å². The van der Waals surface area contributed by atoms with Crippen LogP contribution in [0.3, 0.4) is 0 Å². The molecular weight excluding hydrogens is 291 g/mol. The first-order valence-corrected chi connectivity index (χ1v) is 6.74. The van der Waals surface area contributed by atoms with Crippen LogP contribution in [0.2, 0.25) is 0 Å². The van der Waals surface area contributed by atoms with Crippen LogP contribution < -0.4 is 0 Å². The van der Waals surface area contributed by atoms with Crippen molar-refractivity contribution < 1.29 is 27.4 Å². The zero-order valence-electron chi connectivity index (χ0n) is 12.1. The lowest BCUT2D eigenvalue weighted by Gasteiger charge is -2.13. The fraction of sp³-hybridized carbons (Fsp3) is 0.833. The van der Waals surface area contributed by atoms with Gasteiger partial charge in [0, 0.05) is 26.4 Å². The summed E-state index contributed by atoms with van der Waals surface area (Å²) in [5.74, 6) is 0. The standard InChI is InChI=1S/C12H20F3N3O3/c1-3-20-11(21-4-2)10-8-18(17-16-10)6-5-7-19-9-12(13,14)15/h8,11H,3-7,9H2,1-2H3. The summed E-state index contributed by atoms with van der Waals surface area (Å²) < 4.78 is 52.4. The number of nitrogens with zero attached hydrogens (tertiary/aromatic N) is 3. The molecule has 1 aromatic heterocycles. The van der Waals surface area contributed by atoms with Crippen LogP contribution in [-0.4, -0.2) is 47.6 Å². The zero-order chi connectivity index (χ0) is 15.7. The summed E-state index contributed by atoms with van der Waals surface area (Å²) in [7, 11) is 0. The molecule has 0 bridgehead atoms. The maximum atomic E-state index is 11.9. The summed E-state index contributed by atoms with van der Waals surface area (Å²) in [5, 5.41) is 7.81. The Morgan fingerprint density at radius 2 is 1.90 bits per heavy atom. The summed E-state index contributed by atoms with van der Waals surface area (Å²) in [4.78, 5) is 0. The van der Waals surface area contributed by atoms with Crippen LogP contribution in [0, 0.1) is 0 Å². The first-order valence-electron chi connectivity index (χ1n) is 6.74. The van der Waals surface area contributed by atoms with E-state index in [-0.39, 0.29) is 6.61 Å². The zero-order valence-corrected chi connectivity index (χ0v) is 12.1. The number of aromatic nitrogens is 3. The molecule has 6 nitrogen and oxygen atoms in total. The maximum Gasteiger partial charge on any atom is 0.411 e. The van der Waals surface area contributed by atoms with Crippen molar-refractivity contribution in [2.75, 3.05) is 26.4 Å². The average molecular weight is 311 g/mol. The molecule has 0 aliphatic carbocycles. The van der Waals surface area contributed by atoms with E-state index in [0.29, 0.717) is 31.9 Å². The van der Waals surface area contributed by atoms with E-state index in [0.717, 1.165) is 0 Å². The summed E-state index contributed by atoms with van der Waals surface area (Å²) in [5.41, 5.74) is 0.537. The minimum atomic E-state index is -4.29. The van der Waals surface area contributed by atoms with Crippen LogP contribution >= 0.6 is 0 Å². The molecule has 9 heteroatoms. The lowest BCUT2D eigenvalue weighted by atomic mass is 10.4. The minimum Gasteiger partial charge on any atom is -0.372 e. The van der Waals surface area contributed by atoms with Crippen molar-refractivity contribution in [3.05, 3.63) is 11.9 Å². The molecule has 21 heavy (non-hydrogen) atoms. The van der Waals surface area contributed by atoms with Gasteiger partial charge in [0.1, 0.15) is 12.3 Å². The second kappa shape index (κ2) is 8.96. The Bertz CT molecular complexity index is 393. The largest absolute Gasteiger partial charge is 0.411 e. The maximum absolute atomic E-state index is 11.9. The Labute approximate surface area is 121 Å². The summed E-state index contributed by atoms with van der Waals surface area (Å²) in [6, 6.07) is 0. The number of aryl methyl sites for hydroxylation is 1. The molecule has 1 aromatic rings. The van der Waals surface area contributed by atoms with Crippen molar-refractivity contribution in [1.29, 1.82) is 0 Å². The van der Waals surface area contributed by atoms with Gasteiger partial charge in [0.2, 0.25) is 6.29 Å². The van der Waals surface area contributed by atoms with Crippen LogP contribution in [0.1, 0.15) is 32.3 Å². The highest BCUT2D eigenvalue weighted by atomic mass is 19.4. The van der Waals surface area contributed by atoms with Gasteiger partial charge >= 0.3 is 6.18 Å². The molecule has 0 N–H and O–H groups in total. The number of hydrogen-bond acceptors (Lipinski definition) is 5. The number of hydrogen-bond donors (Lipinski definition) is 0. The van der Waals surface area contributed by atoms with Gasteiger partial charge in [0.25, 0.3) is 0 Å². The van der Waals surface area contributed by atoms with Gasteiger partial charge in [-0.3, -0.25) is 4.68 Å². The Balaban J connectivity index is 2.34. The van der Waals surface area contributed by atoms with Crippen LogP contribution in [-0.2, 0) is 20.8 Å². The van der Waals surface area contributed by atoms with Crippen LogP contribution in [0.25, 0.3) is 0 Å². The Hall–Kier alpha value is -1.19. The van der Waals surface area contributed by atoms with Gasteiger partial charge in [-0.25, -0.2) is 0 Å². The molecule has 1 rings (SSSR count). The average Bonchev–Trinajstić information content (AvgIpc) is 2.85. The van der Waals surface area contributed by atoms with Crippen LogP contribution in [0.4, 0.5) is 13.2 Å². The third kappa shape index (κ3) is 7.39. The lowest BCUT2D eigenvalue weighted by Crippen LogP contribution is -2.17. The molecule has 0 saturated heterocycles. The molecular formula is C12H20F3N3O3. The minimum absolute atomic E-state index is 0.00898. The molecule has 0 fully saturated rings. The Kier molecular flexibility index (Phi) is 7.62. The normalized spacial score (nSPS) is 12.3. The van der Waals surface area contributed by atoms with Crippen molar-refractivity contribution in [3.8, 4) is 0 Å². The smallest absolute Gasteiger partial charge is 0.372 e. The first-order chi connectivity index (χ1) is 9.96. The van der Waals surface area contributed by atoms with Crippen molar-refractivity contribution in [3.63, 3.8) is 0 Å². The van der Waals surface area contributed by atoms with Gasteiger partial charge in [-0.1, -0.05) is 5.21 Å². The third-order valence-electron chi connectivity index (χ3n) is 2.38. The first kappa shape index (κ1) is 17.9. The Morgan fingerprint density at radius 3 is 2.48 bits per heavy atom. The third-order valence-corrected chi connectivity index (χ3v) is 2.38. The fourth-order valence-electron chi connectivity index (χ4n) is 1.57. The predicted octanol–water partition coefficient (Wildman–Crippen LogP) is 2.32. The molecule has 0 spiro atoms. The topological polar surface area (TPSA) is 58.4 Å². The molecule has 0 radical (unpaired) electrons. The van der Waals surface area contributed by atoms with Gasteiger partial charge in [0.15, 0.2) is 0 Å². The molecule has 0 aromatic carbocycles. The van der Waals surface area contributed by atoms with Gasteiger partial charge in [-0.05, 0) is 20.3 Å². The molecule has 0 aliphatic rings. The van der Waals surface area contributed by atoms with E-state index >= 15 is 0 Å². The van der Waals surface area contributed by atoms with Crippen LogP contribution in [0.5, 0.6) is 0 Å². The van der Waals surface area contributed by atoms with Gasteiger partial charge in [-0.2, -0.15) is 13.2 Å². The van der Waals surface area contributed by atoms with Crippen LogP contribution in [0.15, 0.2) is 6.20 Å². The lowest BCUT2D eigenvalue weighted by molar-refractivity contribution is -0.174. The van der Waals surface area contributed by atoms with E-state index < -0.39 is 19.1 Å². The van der Waals surface area contributed by atoms with Crippen molar-refractivity contribution in [2.24, 2.45) is 0 Å². The Morgan fingerprint density at radius 1 is 1.24 bits per heavy atom. The monoisotopic (exact) mass is 311 g/mol. The molecule has 0 unspecified atom stereocenters. The van der Waals surface area contributed by atoms with E-state index in [9.17, 15) is 13.2 Å². The second-order valence-electron chi connectivity index (χ2n) is 4.17. The number of alkyl halides is 3. The number of ether oxygens (including phenoxy) is 3. The van der Waals surface area contributed by atoms with E-state index in [2.05, 4.69) is 15.0 Å². The number of halogens is 3. The van der Waals surface area contributed by atoms with Gasteiger partial charge in [-0.15, -0.1) is 5.10 Å². The molecule has 0 saturated carbocycles. The fourth-order valence-corrected chi connectivity index (χ4v) is 1.57. The van der Waals surface area contributed by atoms with E-state index in [1.54, 1.807) is 6.20 Å². The van der Waals surface area contributed by atoms with Crippen molar-refractivity contribution in [1.82, 2.24) is 15.0 Å². The molecule has 122 valence electrons. The highest BCUT2D eigenvalue weighted by Gasteiger charge is 2.27. The molecule has 1 heterocycles. The summed E-state index contributed by atoms with van der Waals surface area (Å²) >= 11 is 0. The molecule has 0 aliphatic heterocycles. The van der Waals surface area contributed by atoms with E-state index in [1.807, 2.05) is 13.8 Å². The predicted molar refractivity (Wildman–Crippen MR) is 67.5 cm³/mol. The van der Waals surface area contributed by atoms with Crippen molar-refractivity contribution >= 4 is 0 Å². The summed E-state index contributed by atoms with van der Waals surface area (Å²) in [6.45, 7) is 3.83.